The summed E-state index contributed by atoms with van der Waals surface area (Å²) in [5.74, 6) is -0.380. The van der Waals surface area contributed by atoms with E-state index in [1.54, 1.807) is 0 Å². The lowest BCUT2D eigenvalue weighted by Crippen LogP contribution is -2.21. The highest BCUT2D eigenvalue weighted by atomic mass is 35.5. The zero-order chi connectivity index (χ0) is 9.84. The third-order valence-corrected chi connectivity index (χ3v) is 1.47. The lowest BCUT2D eigenvalue weighted by molar-refractivity contribution is -0.113. The molecule has 0 fully saturated rings. The molecule has 7 heteroatoms. The number of carbonyl (C=O) groups excluding carboxylic acids is 1. The second-order valence-electron chi connectivity index (χ2n) is 2.21. The van der Waals surface area contributed by atoms with Crippen LogP contribution in [0, 0.1) is 5.41 Å². The Kier molecular flexibility index (Phi) is 2.86. The number of nitrogens with zero attached hydrogens (tertiary/aromatic N) is 2. The van der Waals surface area contributed by atoms with Crippen LogP contribution >= 0.6 is 11.6 Å². The summed E-state index contributed by atoms with van der Waals surface area (Å²) in [6.07, 6.45) is 1.46. The van der Waals surface area contributed by atoms with Crippen LogP contribution in [-0.4, -0.2) is 27.5 Å². The van der Waals surface area contributed by atoms with E-state index in [0.717, 1.165) is 4.68 Å². The van der Waals surface area contributed by atoms with Crippen LogP contribution < -0.4 is 11.1 Å². The van der Waals surface area contributed by atoms with Crippen molar-refractivity contribution in [2.75, 3.05) is 11.2 Å². The second kappa shape index (κ2) is 3.90. The molecule has 0 unspecified atom stereocenters. The molecule has 0 aliphatic carbocycles. The van der Waals surface area contributed by atoms with Gasteiger partial charge in [0.25, 0.3) is 0 Å². The number of hydrogen-bond acceptors (Lipinski definition) is 3. The van der Waals surface area contributed by atoms with Gasteiger partial charge in [0, 0.05) is 12.3 Å². The Labute approximate surface area is 79.2 Å². The smallest absolute Gasteiger partial charge is 0.240 e. The molecular formula is C6H8ClN5O. The summed E-state index contributed by atoms with van der Waals surface area (Å²) in [5.41, 5.74) is 5.14. The number of anilines is 1. The number of aromatic nitrogens is 2. The molecule has 0 saturated carbocycles. The standard InChI is InChI=1S/C6H8ClN5O/c7-3-5(13)10-4-1-2-12(11-4)6(8)9/h1-2H,3H2,(H3,8,9)(H,10,11,13). The molecule has 0 saturated heterocycles. The Morgan fingerprint density at radius 3 is 3.00 bits per heavy atom. The number of nitrogen functional groups attached to an aromatic ring is 1. The topological polar surface area (TPSA) is 96.8 Å². The van der Waals surface area contributed by atoms with Gasteiger partial charge in [-0.1, -0.05) is 0 Å². The van der Waals surface area contributed by atoms with Crippen molar-refractivity contribution in [1.29, 1.82) is 5.41 Å². The molecule has 0 radical (unpaired) electrons. The van der Waals surface area contributed by atoms with Crippen LogP contribution in [0.2, 0.25) is 0 Å². The van der Waals surface area contributed by atoms with Gasteiger partial charge in [-0.15, -0.1) is 16.7 Å². The van der Waals surface area contributed by atoms with Gasteiger partial charge in [0.05, 0.1) is 0 Å². The van der Waals surface area contributed by atoms with E-state index < -0.39 is 0 Å². The van der Waals surface area contributed by atoms with Crippen molar-refractivity contribution in [2.24, 2.45) is 5.73 Å². The van der Waals surface area contributed by atoms with Gasteiger partial charge in [-0.05, 0) is 0 Å². The average molecular weight is 202 g/mol. The third kappa shape index (κ3) is 2.45. The molecule has 0 atom stereocenters. The molecule has 0 spiro atoms. The number of nitrogens with one attached hydrogen (secondary N) is 2. The van der Waals surface area contributed by atoms with E-state index in [-0.39, 0.29) is 17.7 Å². The Morgan fingerprint density at radius 2 is 2.54 bits per heavy atom. The van der Waals surface area contributed by atoms with Crippen molar-refractivity contribution < 1.29 is 4.79 Å². The first-order chi connectivity index (χ1) is 6.13. The zero-order valence-corrected chi connectivity index (χ0v) is 7.38. The number of alkyl halides is 1. The Balaban J connectivity index is 2.69. The van der Waals surface area contributed by atoms with E-state index >= 15 is 0 Å². The fourth-order valence-corrected chi connectivity index (χ4v) is 0.768. The third-order valence-electron chi connectivity index (χ3n) is 1.22. The van der Waals surface area contributed by atoms with Crippen molar-refractivity contribution >= 4 is 29.3 Å². The molecule has 70 valence electrons. The number of carbonyl (C=O) groups is 1. The minimum Gasteiger partial charge on any atom is -0.368 e. The molecule has 0 aliphatic rings. The van der Waals surface area contributed by atoms with Crippen molar-refractivity contribution in [3.05, 3.63) is 12.3 Å². The maximum absolute atomic E-state index is 10.8. The number of rotatable bonds is 2. The summed E-state index contributed by atoms with van der Waals surface area (Å²) >= 11 is 5.26. The van der Waals surface area contributed by atoms with Gasteiger partial charge in [0.1, 0.15) is 5.88 Å². The van der Waals surface area contributed by atoms with Gasteiger partial charge in [-0.3, -0.25) is 10.2 Å². The lowest BCUT2D eigenvalue weighted by Gasteiger charge is -1.97. The quantitative estimate of drug-likeness (QED) is 0.351. The summed E-state index contributed by atoms with van der Waals surface area (Å²) in [6, 6.07) is 1.52. The monoisotopic (exact) mass is 201 g/mol. The summed E-state index contributed by atoms with van der Waals surface area (Å²) in [5, 5.41) is 13.2. The number of hydrogen-bond donors (Lipinski definition) is 3. The van der Waals surface area contributed by atoms with E-state index in [2.05, 4.69) is 10.4 Å². The van der Waals surface area contributed by atoms with E-state index in [1.807, 2.05) is 0 Å². The predicted molar refractivity (Wildman–Crippen MR) is 48.9 cm³/mol. The fourth-order valence-electron chi connectivity index (χ4n) is 0.701. The van der Waals surface area contributed by atoms with E-state index in [0.29, 0.717) is 5.82 Å². The summed E-state index contributed by atoms with van der Waals surface area (Å²) in [4.78, 5) is 10.8. The van der Waals surface area contributed by atoms with Gasteiger partial charge in [-0.25, -0.2) is 4.68 Å². The highest BCUT2D eigenvalue weighted by molar-refractivity contribution is 6.28. The number of amides is 1. The maximum Gasteiger partial charge on any atom is 0.240 e. The Morgan fingerprint density at radius 1 is 1.85 bits per heavy atom. The van der Waals surface area contributed by atoms with E-state index in [9.17, 15) is 4.79 Å². The predicted octanol–water partition coefficient (Wildman–Crippen LogP) is -0.198. The van der Waals surface area contributed by atoms with Gasteiger partial charge >= 0.3 is 0 Å². The molecule has 6 nitrogen and oxygen atoms in total. The molecule has 0 aliphatic heterocycles. The highest BCUT2D eigenvalue weighted by Crippen LogP contribution is 2.01. The summed E-state index contributed by atoms with van der Waals surface area (Å²) in [6.45, 7) is 0. The first kappa shape index (κ1) is 9.53. The van der Waals surface area contributed by atoms with Crippen molar-refractivity contribution in [2.45, 2.75) is 0 Å². The largest absolute Gasteiger partial charge is 0.368 e. The molecule has 13 heavy (non-hydrogen) atoms. The summed E-state index contributed by atoms with van der Waals surface area (Å²) < 4.78 is 1.13. The zero-order valence-electron chi connectivity index (χ0n) is 6.62. The minimum absolute atomic E-state index is 0.132. The van der Waals surface area contributed by atoms with Crippen LogP contribution in [0.4, 0.5) is 5.82 Å². The van der Waals surface area contributed by atoms with E-state index in [4.69, 9.17) is 22.7 Å². The van der Waals surface area contributed by atoms with Crippen LogP contribution in [0.25, 0.3) is 0 Å². The molecule has 1 aromatic rings. The van der Waals surface area contributed by atoms with Gasteiger partial charge in [0.15, 0.2) is 5.82 Å². The molecule has 4 N–H and O–H groups in total. The highest BCUT2D eigenvalue weighted by Gasteiger charge is 2.03. The van der Waals surface area contributed by atoms with Gasteiger partial charge in [-0.2, -0.15) is 0 Å². The van der Waals surface area contributed by atoms with Crippen LogP contribution in [0.3, 0.4) is 0 Å². The first-order valence-corrected chi connectivity index (χ1v) is 3.93. The molecule has 0 bridgehead atoms. The normalized spacial score (nSPS) is 9.62. The Bertz CT molecular complexity index is 334. The molecule has 1 aromatic heterocycles. The Hall–Kier alpha value is -1.56. The van der Waals surface area contributed by atoms with Crippen molar-refractivity contribution in [1.82, 2.24) is 9.78 Å². The first-order valence-electron chi connectivity index (χ1n) is 3.39. The minimum atomic E-state index is -0.351. The second-order valence-corrected chi connectivity index (χ2v) is 2.48. The molecule has 0 aromatic carbocycles. The van der Waals surface area contributed by atoms with Gasteiger partial charge in [0.2, 0.25) is 11.9 Å². The molecule has 1 heterocycles. The SMILES string of the molecule is N=C(N)n1ccc(NC(=O)CCl)n1. The van der Waals surface area contributed by atoms with Crippen LogP contribution in [0.5, 0.6) is 0 Å². The lowest BCUT2D eigenvalue weighted by atomic mass is 10.6. The van der Waals surface area contributed by atoms with Crippen molar-refractivity contribution in [3.63, 3.8) is 0 Å². The average Bonchev–Trinajstić information content (AvgIpc) is 2.52. The number of nitrogens with two attached hydrogens (primary N) is 1. The molecule has 1 rings (SSSR count). The fraction of sp³-hybridized carbons (Fsp3) is 0.167. The summed E-state index contributed by atoms with van der Waals surface area (Å²) in [7, 11) is 0. The maximum atomic E-state index is 10.8. The molecular weight excluding hydrogens is 194 g/mol. The van der Waals surface area contributed by atoms with E-state index in [1.165, 1.54) is 12.3 Å². The van der Waals surface area contributed by atoms with Crippen LogP contribution in [-0.2, 0) is 4.79 Å². The molecule has 1 amide bonds. The van der Waals surface area contributed by atoms with Gasteiger partial charge < -0.3 is 11.1 Å². The van der Waals surface area contributed by atoms with Crippen molar-refractivity contribution in [3.8, 4) is 0 Å². The van der Waals surface area contributed by atoms with Crippen LogP contribution in [0.1, 0.15) is 0 Å². The number of halogens is 1. The van der Waals surface area contributed by atoms with Crippen LogP contribution in [0.15, 0.2) is 12.3 Å².